The second-order valence-electron chi connectivity index (χ2n) is 6.70. The average Bonchev–Trinajstić information content (AvgIpc) is 2.54. The highest BCUT2D eigenvalue weighted by molar-refractivity contribution is 5.56. The molecule has 0 amide bonds. The van der Waals surface area contributed by atoms with Gasteiger partial charge in [0, 0.05) is 0 Å². The summed E-state index contributed by atoms with van der Waals surface area (Å²) < 4.78 is 11.8. The molecule has 0 heterocycles. The summed E-state index contributed by atoms with van der Waals surface area (Å²) in [6, 6.07) is 16.4. The van der Waals surface area contributed by atoms with Crippen molar-refractivity contribution in [3.05, 3.63) is 54.1 Å². The van der Waals surface area contributed by atoms with Gasteiger partial charge in [-0.15, -0.1) is 0 Å². The first-order valence-electron chi connectivity index (χ1n) is 8.72. The number of rotatable bonds is 8. The van der Waals surface area contributed by atoms with E-state index in [1.165, 1.54) is 5.56 Å². The molecule has 3 heteroatoms. The third-order valence-corrected chi connectivity index (χ3v) is 3.71. The van der Waals surface area contributed by atoms with E-state index in [0.717, 1.165) is 17.2 Å². The molecule has 0 aromatic heterocycles. The lowest BCUT2D eigenvalue weighted by Crippen LogP contribution is -2.23. The Bertz CT molecular complexity index is 620. The molecule has 0 bridgehead atoms. The first-order valence-corrected chi connectivity index (χ1v) is 8.72. The molecule has 0 unspecified atom stereocenters. The van der Waals surface area contributed by atoms with Crippen LogP contribution in [0.4, 0.5) is 5.69 Å². The molecule has 24 heavy (non-hydrogen) atoms. The third-order valence-electron chi connectivity index (χ3n) is 3.71. The van der Waals surface area contributed by atoms with Crippen molar-refractivity contribution < 1.29 is 9.47 Å². The lowest BCUT2D eigenvalue weighted by atomic mass is 10.0. The van der Waals surface area contributed by atoms with Gasteiger partial charge in [-0.1, -0.05) is 38.1 Å². The van der Waals surface area contributed by atoms with E-state index in [1.807, 2.05) is 50.2 Å². The normalized spacial score (nSPS) is 12.3. The minimum atomic E-state index is 0.0574. The van der Waals surface area contributed by atoms with Crippen molar-refractivity contribution in [1.29, 1.82) is 0 Å². The van der Waals surface area contributed by atoms with Crippen molar-refractivity contribution in [2.24, 2.45) is 0 Å². The number of ether oxygens (including phenoxy) is 2. The van der Waals surface area contributed by atoms with Gasteiger partial charge in [-0.25, -0.2) is 0 Å². The van der Waals surface area contributed by atoms with E-state index in [4.69, 9.17) is 9.47 Å². The van der Waals surface area contributed by atoms with E-state index in [1.54, 1.807) is 0 Å². The van der Waals surface area contributed by atoms with Crippen molar-refractivity contribution in [2.45, 2.75) is 52.7 Å². The molecule has 2 aromatic rings. The van der Waals surface area contributed by atoms with Crippen LogP contribution < -0.4 is 14.8 Å². The highest BCUT2D eigenvalue weighted by Crippen LogP contribution is 2.25. The lowest BCUT2D eigenvalue weighted by molar-refractivity contribution is 0.232. The predicted molar refractivity (Wildman–Crippen MR) is 101 cm³/mol. The van der Waals surface area contributed by atoms with E-state index in [0.29, 0.717) is 12.5 Å². The van der Waals surface area contributed by atoms with Crippen molar-refractivity contribution >= 4 is 5.69 Å². The summed E-state index contributed by atoms with van der Waals surface area (Å²) in [6.07, 6.45) is 0.211. The number of benzene rings is 2. The van der Waals surface area contributed by atoms with Gasteiger partial charge in [-0.3, -0.25) is 0 Å². The van der Waals surface area contributed by atoms with Gasteiger partial charge < -0.3 is 14.8 Å². The minimum absolute atomic E-state index is 0.0574. The quantitative estimate of drug-likeness (QED) is 0.696. The van der Waals surface area contributed by atoms with Crippen LogP contribution in [0, 0.1) is 0 Å². The number of nitrogens with one attached hydrogen (secondary N) is 1. The molecule has 0 aliphatic rings. The topological polar surface area (TPSA) is 30.5 Å². The van der Waals surface area contributed by atoms with Crippen LogP contribution in [0.3, 0.4) is 0 Å². The average molecular weight is 327 g/mol. The second kappa shape index (κ2) is 8.62. The molecule has 0 saturated heterocycles. The fourth-order valence-electron chi connectivity index (χ4n) is 2.43. The molecular formula is C21H29NO2. The zero-order chi connectivity index (χ0) is 17.5. The summed E-state index contributed by atoms with van der Waals surface area (Å²) in [7, 11) is 0. The maximum absolute atomic E-state index is 5.99. The van der Waals surface area contributed by atoms with Gasteiger partial charge in [0.05, 0.1) is 18.3 Å². The Labute approximate surface area is 146 Å². The highest BCUT2D eigenvalue weighted by Gasteiger charge is 2.08. The van der Waals surface area contributed by atoms with Gasteiger partial charge in [-0.2, -0.15) is 0 Å². The number of anilines is 1. The maximum Gasteiger partial charge on any atom is 0.142 e. The van der Waals surface area contributed by atoms with E-state index in [9.17, 15) is 0 Å². The molecule has 0 radical (unpaired) electrons. The van der Waals surface area contributed by atoms with Gasteiger partial charge in [-0.05, 0) is 56.5 Å². The molecule has 0 aliphatic heterocycles. The molecule has 2 rings (SSSR count). The van der Waals surface area contributed by atoms with Crippen molar-refractivity contribution in [2.75, 3.05) is 11.9 Å². The molecule has 2 aromatic carbocycles. The van der Waals surface area contributed by atoms with Crippen molar-refractivity contribution in [1.82, 2.24) is 0 Å². The summed E-state index contributed by atoms with van der Waals surface area (Å²) in [5.41, 5.74) is 2.32. The largest absolute Gasteiger partial charge is 0.489 e. The summed E-state index contributed by atoms with van der Waals surface area (Å²) in [4.78, 5) is 0. The minimum Gasteiger partial charge on any atom is -0.489 e. The molecule has 0 aliphatic carbocycles. The van der Waals surface area contributed by atoms with Crippen LogP contribution in [0.1, 0.15) is 46.1 Å². The van der Waals surface area contributed by atoms with E-state index in [-0.39, 0.29) is 12.2 Å². The Balaban J connectivity index is 1.90. The molecule has 0 spiro atoms. The monoisotopic (exact) mass is 327 g/mol. The van der Waals surface area contributed by atoms with Gasteiger partial charge in [0.1, 0.15) is 17.6 Å². The molecular weight excluding hydrogens is 298 g/mol. The number of hydrogen-bond donors (Lipinski definition) is 1. The molecule has 1 atom stereocenters. The predicted octanol–water partition coefficient (Wildman–Crippen LogP) is 5.48. The Hall–Kier alpha value is -2.16. The Kier molecular flexibility index (Phi) is 6.53. The smallest absolute Gasteiger partial charge is 0.142 e. The SMILES string of the molecule is CC(C)Oc1ccccc1NC[C@@H](C)Oc1ccc(C(C)C)cc1. The first-order chi connectivity index (χ1) is 11.5. The van der Waals surface area contributed by atoms with Crippen LogP contribution in [-0.2, 0) is 0 Å². The fourth-order valence-corrected chi connectivity index (χ4v) is 2.43. The van der Waals surface area contributed by atoms with E-state index in [2.05, 4.69) is 38.2 Å². The second-order valence-corrected chi connectivity index (χ2v) is 6.70. The van der Waals surface area contributed by atoms with Crippen LogP contribution in [0.25, 0.3) is 0 Å². The van der Waals surface area contributed by atoms with Gasteiger partial charge in [0.2, 0.25) is 0 Å². The Morgan fingerprint density at radius 3 is 2.12 bits per heavy atom. The molecule has 3 nitrogen and oxygen atoms in total. The van der Waals surface area contributed by atoms with Gasteiger partial charge in [0.25, 0.3) is 0 Å². The van der Waals surface area contributed by atoms with Crippen LogP contribution >= 0.6 is 0 Å². The summed E-state index contributed by atoms with van der Waals surface area (Å²) >= 11 is 0. The van der Waals surface area contributed by atoms with Crippen molar-refractivity contribution in [3.8, 4) is 11.5 Å². The Morgan fingerprint density at radius 1 is 0.833 bits per heavy atom. The maximum atomic E-state index is 5.99. The third kappa shape index (κ3) is 5.48. The number of para-hydroxylation sites is 2. The van der Waals surface area contributed by atoms with Crippen LogP contribution in [0.15, 0.2) is 48.5 Å². The highest BCUT2D eigenvalue weighted by atomic mass is 16.5. The zero-order valence-electron chi connectivity index (χ0n) is 15.4. The summed E-state index contributed by atoms with van der Waals surface area (Å²) in [5.74, 6) is 2.32. The van der Waals surface area contributed by atoms with Crippen LogP contribution in [0.5, 0.6) is 11.5 Å². The molecule has 1 N–H and O–H groups in total. The fraction of sp³-hybridized carbons (Fsp3) is 0.429. The van der Waals surface area contributed by atoms with Crippen LogP contribution in [-0.4, -0.2) is 18.8 Å². The Morgan fingerprint density at radius 2 is 1.50 bits per heavy atom. The zero-order valence-corrected chi connectivity index (χ0v) is 15.4. The molecule has 0 fully saturated rings. The molecule has 0 saturated carbocycles. The first kappa shape index (κ1) is 18.2. The van der Waals surface area contributed by atoms with Gasteiger partial charge in [0.15, 0.2) is 0 Å². The summed E-state index contributed by atoms with van der Waals surface area (Å²) in [5, 5.41) is 3.42. The molecule has 130 valence electrons. The number of hydrogen-bond acceptors (Lipinski definition) is 3. The summed E-state index contributed by atoms with van der Waals surface area (Å²) in [6.45, 7) is 11.2. The van der Waals surface area contributed by atoms with Crippen molar-refractivity contribution in [3.63, 3.8) is 0 Å². The van der Waals surface area contributed by atoms with E-state index < -0.39 is 0 Å². The standard InChI is InChI=1S/C21H29NO2/c1-15(2)18-10-12-19(13-11-18)24-17(5)14-22-20-8-6-7-9-21(20)23-16(3)4/h6-13,15-17,22H,14H2,1-5H3/t17-/m1/s1. The van der Waals surface area contributed by atoms with Crippen LogP contribution in [0.2, 0.25) is 0 Å². The van der Waals surface area contributed by atoms with Gasteiger partial charge >= 0.3 is 0 Å². The van der Waals surface area contributed by atoms with E-state index >= 15 is 0 Å². The lowest BCUT2D eigenvalue weighted by Gasteiger charge is -2.19.